The molecule has 0 N–H and O–H groups in total. The maximum Gasteiger partial charge on any atom is 0.0849 e. The summed E-state index contributed by atoms with van der Waals surface area (Å²) in [5.41, 5.74) is 0. The molecule has 0 aromatic carbocycles. The van der Waals surface area contributed by atoms with E-state index in [0.29, 0.717) is 0 Å². The van der Waals surface area contributed by atoms with Crippen LogP contribution in [0.4, 0.5) is 0 Å². The van der Waals surface area contributed by atoms with E-state index in [-0.39, 0.29) is 0 Å². The molecule has 0 saturated carbocycles. The van der Waals surface area contributed by atoms with Gasteiger partial charge in [-0.3, -0.25) is 4.99 Å². The van der Waals surface area contributed by atoms with Crippen molar-refractivity contribution in [3.63, 3.8) is 0 Å². The lowest BCUT2D eigenvalue weighted by molar-refractivity contribution is 0.408. The quantitative estimate of drug-likeness (QED) is 0.549. The first-order chi connectivity index (χ1) is 4.93. The molecule has 1 aliphatic heterocycles. The first-order valence-corrected chi connectivity index (χ1v) is 5.26. The molecule has 3 heteroatoms. The van der Waals surface area contributed by atoms with Crippen molar-refractivity contribution >= 4 is 28.9 Å². The summed E-state index contributed by atoms with van der Waals surface area (Å²) >= 11 is 2.41. The molecule has 58 valence electrons. The molecule has 0 aromatic heterocycles. The fourth-order valence-corrected chi connectivity index (χ4v) is 1.37. The number of rotatable bonds is 3. The average molecular weight is 252 g/mol. The van der Waals surface area contributed by atoms with Gasteiger partial charge in [-0.25, -0.2) is 0 Å². The van der Waals surface area contributed by atoms with E-state index in [1.165, 1.54) is 30.4 Å². The summed E-state index contributed by atoms with van der Waals surface area (Å²) in [6.45, 7) is 3.42. The summed E-state index contributed by atoms with van der Waals surface area (Å²) < 4.78 is 1.25. The normalized spacial score (nSPS) is 17.9. The highest BCUT2D eigenvalue weighted by molar-refractivity contribution is 14.1. The Morgan fingerprint density at radius 3 is 3.10 bits per heavy atom. The highest BCUT2D eigenvalue weighted by atomic mass is 127. The molecule has 0 atom stereocenters. The molecule has 0 amide bonds. The van der Waals surface area contributed by atoms with Crippen molar-refractivity contribution in [2.24, 2.45) is 4.99 Å². The molecule has 1 rings (SSSR count). The van der Waals surface area contributed by atoms with E-state index in [4.69, 9.17) is 0 Å². The number of halogens is 1. The minimum absolute atomic E-state index is 1.03. The van der Waals surface area contributed by atoms with Gasteiger partial charge in [-0.2, -0.15) is 0 Å². The molecule has 0 spiro atoms. The van der Waals surface area contributed by atoms with Gasteiger partial charge >= 0.3 is 0 Å². The Labute approximate surface area is 75.8 Å². The van der Waals surface area contributed by atoms with Gasteiger partial charge in [-0.05, 0) is 12.8 Å². The summed E-state index contributed by atoms with van der Waals surface area (Å²) in [5.74, 6) is 0. The number of hydrogen-bond acceptors (Lipinski definition) is 2. The van der Waals surface area contributed by atoms with Crippen molar-refractivity contribution in [2.45, 2.75) is 12.8 Å². The van der Waals surface area contributed by atoms with Gasteiger partial charge < -0.3 is 4.90 Å². The molecule has 0 fully saturated rings. The SMILES string of the molecule is ICCCN1C=NCCC1. The predicted octanol–water partition coefficient (Wildman–Crippen LogP) is 1.55. The second-order valence-electron chi connectivity index (χ2n) is 2.45. The average Bonchev–Trinajstić information content (AvgIpc) is 2.03. The van der Waals surface area contributed by atoms with Crippen molar-refractivity contribution in [3.8, 4) is 0 Å². The summed E-state index contributed by atoms with van der Waals surface area (Å²) in [6, 6.07) is 0. The molecule has 0 unspecified atom stereocenters. The summed E-state index contributed by atoms with van der Waals surface area (Å²) in [7, 11) is 0. The zero-order chi connectivity index (χ0) is 7.23. The molecule has 0 aromatic rings. The van der Waals surface area contributed by atoms with Gasteiger partial charge in [0.15, 0.2) is 0 Å². The third-order valence-electron chi connectivity index (χ3n) is 1.56. The van der Waals surface area contributed by atoms with Crippen LogP contribution in [-0.4, -0.2) is 35.3 Å². The van der Waals surface area contributed by atoms with Crippen molar-refractivity contribution in [1.29, 1.82) is 0 Å². The lowest BCUT2D eigenvalue weighted by Gasteiger charge is -2.21. The van der Waals surface area contributed by atoms with Crippen molar-refractivity contribution in [3.05, 3.63) is 0 Å². The molecule has 0 aliphatic carbocycles. The maximum atomic E-state index is 4.21. The molecule has 0 radical (unpaired) electrons. The van der Waals surface area contributed by atoms with E-state index in [2.05, 4.69) is 32.5 Å². The number of nitrogens with zero attached hydrogens (tertiary/aromatic N) is 2. The van der Waals surface area contributed by atoms with Crippen molar-refractivity contribution < 1.29 is 0 Å². The zero-order valence-corrected chi connectivity index (χ0v) is 8.25. The molecule has 2 nitrogen and oxygen atoms in total. The van der Waals surface area contributed by atoms with E-state index in [1.54, 1.807) is 0 Å². The Balaban J connectivity index is 2.13. The molecule has 10 heavy (non-hydrogen) atoms. The first-order valence-electron chi connectivity index (χ1n) is 3.73. The Bertz CT molecular complexity index is 114. The summed E-state index contributed by atoms with van der Waals surface area (Å²) in [6.07, 6.45) is 4.51. The van der Waals surface area contributed by atoms with E-state index < -0.39 is 0 Å². The highest BCUT2D eigenvalue weighted by Gasteiger charge is 2.01. The standard InChI is InChI=1S/C7H13IN2/c8-3-1-5-10-6-2-4-9-7-10/h7H,1-6H2. The molecule has 0 saturated heterocycles. The van der Waals surface area contributed by atoms with E-state index in [9.17, 15) is 0 Å². The van der Waals surface area contributed by atoms with Gasteiger partial charge in [0.25, 0.3) is 0 Å². The van der Waals surface area contributed by atoms with Gasteiger partial charge in [0, 0.05) is 24.1 Å². The fraction of sp³-hybridized carbons (Fsp3) is 0.857. The Morgan fingerprint density at radius 2 is 2.50 bits per heavy atom. The van der Waals surface area contributed by atoms with E-state index in [1.807, 2.05) is 6.34 Å². The van der Waals surface area contributed by atoms with Crippen LogP contribution in [0.2, 0.25) is 0 Å². The van der Waals surface area contributed by atoms with Gasteiger partial charge in [0.1, 0.15) is 0 Å². The summed E-state index contributed by atoms with van der Waals surface area (Å²) in [4.78, 5) is 6.52. The fourth-order valence-electron chi connectivity index (χ4n) is 1.03. The van der Waals surface area contributed by atoms with Crippen LogP contribution in [0.25, 0.3) is 0 Å². The molecular weight excluding hydrogens is 239 g/mol. The maximum absolute atomic E-state index is 4.21. The number of alkyl halides is 1. The van der Waals surface area contributed by atoms with Gasteiger partial charge in [-0.1, -0.05) is 22.6 Å². The van der Waals surface area contributed by atoms with Crippen molar-refractivity contribution in [2.75, 3.05) is 24.1 Å². The minimum atomic E-state index is 1.03. The number of hydrogen-bond donors (Lipinski definition) is 0. The van der Waals surface area contributed by atoms with E-state index in [0.717, 1.165) is 6.54 Å². The van der Waals surface area contributed by atoms with Crippen LogP contribution in [0.3, 0.4) is 0 Å². The van der Waals surface area contributed by atoms with E-state index >= 15 is 0 Å². The Hall–Kier alpha value is 0.200. The zero-order valence-electron chi connectivity index (χ0n) is 6.09. The largest absolute Gasteiger partial charge is 0.363 e. The van der Waals surface area contributed by atoms with Crippen LogP contribution in [0.15, 0.2) is 4.99 Å². The topological polar surface area (TPSA) is 15.6 Å². The molecule has 0 bridgehead atoms. The van der Waals surface area contributed by atoms with Crippen molar-refractivity contribution in [1.82, 2.24) is 4.90 Å². The van der Waals surface area contributed by atoms with Gasteiger partial charge in [0.2, 0.25) is 0 Å². The smallest absolute Gasteiger partial charge is 0.0849 e. The Morgan fingerprint density at radius 1 is 1.60 bits per heavy atom. The second-order valence-corrected chi connectivity index (χ2v) is 3.53. The van der Waals surface area contributed by atoms with Crippen LogP contribution in [0, 0.1) is 0 Å². The minimum Gasteiger partial charge on any atom is -0.363 e. The van der Waals surface area contributed by atoms with Gasteiger partial charge in [-0.15, -0.1) is 0 Å². The van der Waals surface area contributed by atoms with Gasteiger partial charge in [0.05, 0.1) is 6.34 Å². The molecular formula is C7H13IN2. The van der Waals surface area contributed by atoms with Crippen LogP contribution in [0.1, 0.15) is 12.8 Å². The molecule has 1 heterocycles. The second kappa shape index (κ2) is 4.93. The third kappa shape index (κ3) is 2.86. The first kappa shape index (κ1) is 8.30. The van der Waals surface area contributed by atoms with Crippen LogP contribution < -0.4 is 0 Å². The van der Waals surface area contributed by atoms with Crippen LogP contribution >= 0.6 is 22.6 Å². The van der Waals surface area contributed by atoms with Crippen LogP contribution in [0.5, 0.6) is 0 Å². The Kier molecular flexibility index (Phi) is 4.09. The monoisotopic (exact) mass is 252 g/mol. The van der Waals surface area contributed by atoms with Crippen LogP contribution in [-0.2, 0) is 0 Å². The number of aliphatic imine (C=N–C) groups is 1. The summed E-state index contributed by atoms with van der Waals surface area (Å²) in [5, 5.41) is 0. The molecule has 1 aliphatic rings. The highest BCUT2D eigenvalue weighted by Crippen LogP contribution is 1.98. The lowest BCUT2D eigenvalue weighted by atomic mass is 10.3. The third-order valence-corrected chi connectivity index (χ3v) is 2.32. The predicted molar refractivity (Wildman–Crippen MR) is 53.1 cm³/mol. The lowest BCUT2D eigenvalue weighted by Crippen LogP contribution is -2.28.